The van der Waals surface area contributed by atoms with Crippen molar-refractivity contribution in [1.82, 2.24) is 9.29 Å². The van der Waals surface area contributed by atoms with Gasteiger partial charge in [0.1, 0.15) is 16.5 Å². The van der Waals surface area contributed by atoms with E-state index in [1.165, 1.54) is 11.9 Å². The molecule has 30 heavy (non-hydrogen) atoms. The van der Waals surface area contributed by atoms with E-state index in [2.05, 4.69) is 26.9 Å². The molecule has 2 saturated heterocycles. The van der Waals surface area contributed by atoms with Gasteiger partial charge in [0.2, 0.25) is 10.0 Å². The number of benzene rings is 1. The molecule has 3 heterocycles. The second kappa shape index (κ2) is 9.22. The Morgan fingerprint density at radius 3 is 2.17 bits per heavy atom. The highest BCUT2D eigenvalue weighted by Gasteiger charge is 2.26. The zero-order chi connectivity index (χ0) is 21.0. The molecule has 0 bridgehead atoms. The first kappa shape index (κ1) is 20.9. The van der Waals surface area contributed by atoms with Crippen LogP contribution in [0.25, 0.3) is 0 Å². The summed E-state index contributed by atoms with van der Waals surface area (Å²) in [5, 5.41) is 0. The quantitative estimate of drug-likeness (QED) is 0.727. The Morgan fingerprint density at radius 2 is 1.50 bits per heavy atom. The Labute approximate surface area is 179 Å². The fraction of sp³-hybridized carbons (Fsp3) is 0.500. The summed E-state index contributed by atoms with van der Waals surface area (Å²) in [5.74, 6) is 1.70. The van der Waals surface area contributed by atoms with Gasteiger partial charge in [-0.25, -0.2) is 13.4 Å². The highest BCUT2D eigenvalue weighted by atomic mass is 32.2. The molecular weight excluding hydrogens is 400 g/mol. The smallest absolute Gasteiger partial charge is 0.244 e. The number of nitrogens with zero attached hydrogens (tertiary/aromatic N) is 4. The van der Waals surface area contributed by atoms with Gasteiger partial charge in [-0.15, -0.1) is 0 Å². The molecule has 2 fully saturated rings. The van der Waals surface area contributed by atoms with Crippen LogP contribution < -0.4 is 14.5 Å². The minimum atomic E-state index is -3.43. The molecule has 0 amide bonds. The van der Waals surface area contributed by atoms with Crippen molar-refractivity contribution in [1.29, 1.82) is 0 Å². The van der Waals surface area contributed by atoms with Crippen LogP contribution in [0.5, 0.6) is 5.75 Å². The average Bonchev–Trinajstić information content (AvgIpc) is 3.06. The van der Waals surface area contributed by atoms with Crippen LogP contribution in [0.3, 0.4) is 0 Å². The standard InChI is InChI=1S/C22H30N4O3S/c1-29-20-8-6-19(7-9-20)24-12-5-13-25(17-16-24)22-11-10-21(18-23-22)30(27,28)26-14-3-2-4-15-26/h6-11,18H,2-5,12-17H2,1H3. The van der Waals surface area contributed by atoms with Crippen molar-refractivity contribution >= 4 is 21.5 Å². The summed E-state index contributed by atoms with van der Waals surface area (Å²) in [7, 11) is -1.76. The minimum absolute atomic E-state index is 0.294. The molecule has 0 radical (unpaired) electrons. The third-order valence-electron chi connectivity index (χ3n) is 5.93. The zero-order valence-electron chi connectivity index (χ0n) is 17.5. The normalized spacial score (nSPS) is 18.8. The molecule has 0 spiro atoms. The molecular formula is C22H30N4O3S. The van der Waals surface area contributed by atoms with E-state index >= 15 is 0 Å². The van der Waals surface area contributed by atoms with Gasteiger partial charge in [-0.05, 0) is 55.7 Å². The summed E-state index contributed by atoms with van der Waals surface area (Å²) in [6.45, 7) is 4.83. The Kier molecular flexibility index (Phi) is 6.43. The number of ether oxygens (including phenoxy) is 1. The van der Waals surface area contributed by atoms with Gasteiger partial charge < -0.3 is 14.5 Å². The van der Waals surface area contributed by atoms with Crippen molar-refractivity contribution in [3.63, 3.8) is 0 Å². The first-order valence-corrected chi connectivity index (χ1v) is 12.1. The highest BCUT2D eigenvalue weighted by Crippen LogP contribution is 2.24. The molecule has 0 N–H and O–H groups in total. The highest BCUT2D eigenvalue weighted by molar-refractivity contribution is 7.89. The molecule has 0 saturated carbocycles. The second-order valence-corrected chi connectivity index (χ2v) is 9.78. The van der Waals surface area contributed by atoms with E-state index < -0.39 is 10.0 Å². The van der Waals surface area contributed by atoms with Crippen LogP contribution >= 0.6 is 0 Å². The molecule has 0 aliphatic carbocycles. The maximum absolute atomic E-state index is 12.8. The summed E-state index contributed by atoms with van der Waals surface area (Å²) in [4.78, 5) is 9.41. The monoisotopic (exact) mass is 430 g/mol. The summed E-state index contributed by atoms with van der Waals surface area (Å²) < 4.78 is 32.5. The SMILES string of the molecule is COc1ccc(N2CCCN(c3ccc(S(=O)(=O)N4CCCCC4)cn3)CC2)cc1. The molecule has 0 unspecified atom stereocenters. The van der Waals surface area contributed by atoms with Gasteiger partial charge in [0.15, 0.2) is 0 Å². The van der Waals surface area contributed by atoms with Crippen molar-refractivity contribution in [2.24, 2.45) is 0 Å². The van der Waals surface area contributed by atoms with Crippen molar-refractivity contribution < 1.29 is 13.2 Å². The Balaban J connectivity index is 1.42. The Bertz CT molecular complexity index is 926. The van der Waals surface area contributed by atoms with E-state index in [1.807, 2.05) is 18.2 Å². The predicted molar refractivity (Wildman–Crippen MR) is 119 cm³/mol. The first-order valence-electron chi connectivity index (χ1n) is 10.7. The predicted octanol–water partition coefficient (Wildman–Crippen LogP) is 2.98. The van der Waals surface area contributed by atoms with Crippen molar-refractivity contribution in [2.45, 2.75) is 30.6 Å². The zero-order valence-corrected chi connectivity index (χ0v) is 18.4. The van der Waals surface area contributed by atoms with E-state index in [1.54, 1.807) is 17.5 Å². The fourth-order valence-corrected chi connectivity index (χ4v) is 5.63. The Hall–Kier alpha value is -2.32. The van der Waals surface area contributed by atoms with E-state index in [9.17, 15) is 8.42 Å². The van der Waals surface area contributed by atoms with E-state index in [4.69, 9.17) is 4.74 Å². The van der Waals surface area contributed by atoms with Gasteiger partial charge in [0.25, 0.3) is 0 Å². The molecule has 1 aromatic carbocycles. The van der Waals surface area contributed by atoms with Gasteiger partial charge in [0, 0.05) is 51.2 Å². The molecule has 2 aliphatic heterocycles. The molecule has 162 valence electrons. The number of anilines is 2. The molecule has 7 nitrogen and oxygen atoms in total. The van der Waals surface area contributed by atoms with Crippen molar-refractivity contribution in [2.75, 3.05) is 56.2 Å². The number of rotatable bonds is 5. The summed E-state index contributed by atoms with van der Waals surface area (Å²) >= 11 is 0. The van der Waals surface area contributed by atoms with Crippen molar-refractivity contribution in [3.8, 4) is 5.75 Å². The summed E-state index contributed by atoms with van der Waals surface area (Å²) in [5.41, 5.74) is 1.19. The number of piperidine rings is 1. The van der Waals surface area contributed by atoms with Crippen LogP contribution in [0.1, 0.15) is 25.7 Å². The van der Waals surface area contributed by atoms with Crippen LogP contribution in [0, 0.1) is 0 Å². The first-order chi connectivity index (χ1) is 14.6. The third-order valence-corrected chi connectivity index (χ3v) is 7.81. The molecule has 8 heteroatoms. The number of sulfonamides is 1. The third kappa shape index (κ3) is 4.54. The van der Waals surface area contributed by atoms with Crippen LogP contribution in [0.2, 0.25) is 0 Å². The molecule has 0 atom stereocenters. The molecule has 2 aliphatic rings. The van der Waals surface area contributed by atoms with Crippen LogP contribution in [0.4, 0.5) is 11.5 Å². The second-order valence-electron chi connectivity index (χ2n) is 7.84. The lowest BCUT2D eigenvalue weighted by atomic mass is 10.2. The van der Waals surface area contributed by atoms with Crippen LogP contribution in [0.15, 0.2) is 47.5 Å². The summed E-state index contributed by atoms with van der Waals surface area (Å²) in [6, 6.07) is 11.7. The molecule has 4 rings (SSSR count). The van der Waals surface area contributed by atoms with Gasteiger partial charge in [-0.2, -0.15) is 4.31 Å². The number of methoxy groups -OCH3 is 1. The average molecular weight is 431 g/mol. The summed E-state index contributed by atoms with van der Waals surface area (Å²) in [6.07, 6.45) is 5.51. The lowest BCUT2D eigenvalue weighted by Crippen LogP contribution is -2.35. The maximum Gasteiger partial charge on any atom is 0.244 e. The lowest BCUT2D eigenvalue weighted by molar-refractivity contribution is 0.346. The number of aromatic nitrogens is 1. The van der Waals surface area contributed by atoms with E-state index in [0.29, 0.717) is 18.0 Å². The lowest BCUT2D eigenvalue weighted by Gasteiger charge is -2.26. The van der Waals surface area contributed by atoms with Gasteiger partial charge in [-0.3, -0.25) is 0 Å². The topological polar surface area (TPSA) is 66.0 Å². The van der Waals surface area contributed by atoms with Crippen LogP contribution in [-0.4, -0.2) is 64.1 Å². The number of pyridine rings is 1. The fourth-order valence-electron chi connectivity index (χ4n) is 4.16. The number of hydrogen-bond donors (Lipinski definition) is 0. The van der Waals surface area contributed by atoms with Gasteiger partial charge in [-0.1, -0.05) is 6.42 Å². The van der Waals surface area contributed by atoms with E-state index in [0.717, 1.165) is 63.4 Å². The van der Waals surface area contributed by atoms with E-state index in [-0.39, 0.29) is 0 Å². The maximum atomic E-state index is 12.8. The number of hydrogen-bond acceptors (Lipinski definition) is 6. The van der Waals surface area contributed by atoms with Crippen molar-refractivity contribution in [3.05, 3.63) is 42.6 Å². The Morgan fingerprint density at radius 1 is 0.800 bits per heavy atom. The molecule has 1 aromatic heterocycles. The van der Waals surface area contributed by atoms with Gasteiger partial charge >= 0.3 is 0 Å². The van der Waals surface area contributed by atoms with Gasteiger partial charge in [0.05, 0.1) is 7.11 Å². The largest absolute Gasteiger partial charge is 0.497 e. The minimum Gasteiger partial charge on any atom is -0.497 e. The molecule has 2 aromatic rings. The van der Waals surface area contributed by atoms with Crippen LogP contribution in [-0.2, 0) is 10.0 Å².